The van der Waals surface area contributed by atoms with Gasteiger partial charge in [-0.15, -0.1) is 47.5 Å². The first-order valence-corrected chi connectivity index (χ1v) is 13.8. The smallest absolute Gasteiger partial charge is 0.346 e. The minimum absolute atomic E-state index is 0. The van der Waals surface area contributed by atoms with Gasteiger partial charge in [0.25, 0.3) is 0 Å². The molecule has 0 saturated heterocycles. The number of rotatable bonds is 4. The minimum atomic E-state index is 0. The van der Waals surface area contributed by atoms with Crippen LogP contribution in [0.1, 0.15) is 0 Å². The van der Waals surface area contributed by atoms with Gasteiger partial charge in [-0.3, -0.25) is 4.98 Å². The van der Waals surface area contributed by atoms with Gasteiger partial charge in [0.05, 0.1) is 5.52 Å². The van der Waals surface area contributed by atoms with Gasteiger partial charge in [-0.1, -0.05) is 53.4 Å². The topological polar surface area (TPSA) is 48.5 Å². The molecule has 4 heterocycles. The number of para-hydroxylation sites is 2. The van der Waals surface area contributed by atoms with Gasteiger partial charge >= 0.3 is 21.1 Å². The molecule has 0 saturated carbocycles. The Hall–Kier alpha value is -4.38. The van der Waals surface area contributed by atoms with Crippen LogP contribution in [-0.2, 0) is 28.1 Å². The normalized spacial score (nSPS) is 11.3. The Labute approximate surface area is 255 Å². The fourth-order valence-corrected chi connectivity index (χ4v) is 6.31. The maximum absolute atomic E-state index is 4.91. The molecular formula is C34H21N5PtS. The maximum atomic E-state index is 4.91. The van der Waals surface area contributed by atoms with Crippen LogP contribution in [0, 0.1) is 12.1 Å². The summed E-state index contributed by atoms with van der Waals surface area (Å²) in [5.41, 5.74) is 7.73. The Morgan fingerprint density at radius 3 is 2.44 bits per heavy atom. The summed E-state index contributed by atoms with van der Waals surface area (Å²) in [5, 5.41) is 3.26. The molecule has 0 atom stereocenters. The Bertz CT molecular complexity index is 2160. The molecule has 0 aliphatic rings. The van der Waals surface area contributed by atoms with Gasteiger partial charge in [0.15, 0.2) is 0 Å². The Morgan fingerprint density at radius 2 is 1.61 bits per heavy atom. The number of aromatic nitrogens is 5. The zero-order chi connectivity index (χ0) is 26.6. The summed E-state index contributed by atoms with van der Waals surface area (Å²) in [5.74, 6) is 0.882. The zero-order valence-electron chi connectivity index (χ0n) is 21.9. The monoisotopic (exact) mass is 726 g/mol. The van der Waals surface area contributed by atoms with E-state index in [2.05, 4.69) is 93.4 Å². The van der Waals surface area contributed by atoms with Crippen molar-refractivity contribution in [2.24, 2.45) is 7.05 Å². The van der Waals surface area contributed by atoms with E-state index >= 15 is 0 Å². The molecule has 5 nitrogen and oxygen atoms in total. The van der Waals surface area contributed by atoms with Crippen LogP contribution in [0.5, 0.6) is 0 Å². The Kier molecular flexibility index (Phi) is 6.38. The van der Waals surface area contributed by atoms with E-state index in [1.165, 1.54) is 10.1 Å². The van der Waals surface area contributed by atoms with E-state index in [9.17, 15) is 0 Å². The van der Waals surface area contributed by atoms with E-state index in [4.69, 9.17) is 4.98 Å². The van der Waals surface area contributed by atoms with Crippen LogP contribution in [0.4, 0.5) is 0 Å². The van der Waals surface area contributed by atoms with Crippen LogP contribution in [0.2, 0.25) is 0 Å². The largest absolute Gasteiger partial charge is 2.00 e. The molecule has 4 aromatic carbocycles. The number of hydrogen-bond acceptors (Lipinski definition) is 4. The number of thiazole rings is 1. The van der Waals surface area contributed by atoms with Gasteiger partial charge in [-0.05, 0) is 46.5 Å². The first-order valence-electron chi connectivity index (χ1n) is 13.0. The maximum Gasteiger partial charge on any atom is 2.00 e. The van der Waals surface area contributed by atoms with Crippen molar-refractivity contribution in [2.75, 3.05) is 0 Å². The number of aryl methyl sites for hydroxylation is 1. The molecule has 0 amide bonds. The van der Waals surface area contributed by atoms with Gasteiger partial charge in [0.2, 0.25) is 0 Å². The Balaban J connectivity index is 0.00000276. The van der Waals surface area contributed by atoms with Crippen LogP contribution < -0.4 is 0 Å². The molecule has 7 heteroatoms. The van der Waals surface area contributed by atoms with Crippen LogP contribution in [-0.4, -0.2) is 24.1 Å². The van der Waals surface area contributed by atoms with Gasteiger partial charge in [0, 0.05) is 40.9 Å². The van der Waals surface area contributed by atoms with Crippen molar-refractivity contribution >= 4 is 43.4 Å². The number of nitrogens with zero attached hydrogens (tertiary/aromatic N) is 5. The van der Waals surface area contributed by atoms with Crippen molar-refractivity contribution in [1.29, 1.82) is 0 Å². The van der Waals surface area contributed by atoms with E-state index < -0.39 is 0 Å². The van der Waals surface area contributed by atoms with Gasteiger partial charge in [-0.2, -0.15) is 11.3 Å². The van der Waals surface area contributed by atoms with E-state index in [1.807, 2.05) is 54.5 Å². The fourth-order valence-electron chi connectivity index (χ4n) is 5.36. The first-order chi connectivity index (χ1) is 19.7. The summed E-state index contributed by atoms with van der Waals surface area (Å²) < 4.78 is 5.45. The summed E-state index contributed by atoms with van der Waals surface area (Å²) in [6, 6.07) is 38.7. The van der Waals surface area contributed by atoms with Crippen LogP contribution in [0.15, 0.2) is 110 Å². The second-order valence-electron chi connectivity index (χ2n) is 9.72. The zero-order valence-corrected chi connectivity index (χ0v) is 24.9. The predicted molar refractivity (Wildman–Crippen MR) is 162 cm³/mol. The molecule has 0 spiro atoms. The SMILES string of the molecule is Cn1ccnc1-c1cc(-c2ccccn2)[c-]c(-n2c3[c-]c(-c4nc5ccccc5s4)ccc3c3ccccc32)c1.[Pt+2]. The third-order valence-corrected chi connectivity index (χ3v) is 8.29. The van der Waals surface area contributed by atoms with Gasteiger partial charge in [-0.25, -0.2) is 4.98 Å². The summed E-state index contributed by atoms with van der Waals surface area (Å²) >= 11 is 1.69. The fraction of sp³-hybridized carbons (Fsp3) is 0.0294. The van der Waals surface area contributed by atoms with Crippen molar-refractivity contribution in [1.82, 2.24) is 24.1 Å². The van der Waals surface area contributed by atoms with Crippen molar-refractivity contribution in [3.63, 3.8) is 0 Å². The molecule has 0 N–H and O–H groups in total. The Morgan fingerprint density at radius 1 is 0.756 bits per heavy atom. The number of pyridine rings is 1. The summed E-state index contributed by atoms with van der Waals surface area (Å²) in [6.07, 6.45) is 5.60. The second kappa shape index (κ2) is 10.2. The van der Waals surface area contributed by atoms with Crippen molar-refractivity contribution in [3.8, 4) is 38.9 Å². The number of fused-ring (bicyclic) bond motifs is 4. The minimum Gasteiger partial charge on any atom is -0.346 e. The molecule has 0 unspecified atom stereocenters. The van der Waals surface area contributed by atoms with Crippen LogP contribution in [0.25, 0.3) is 70.9 Å². The third-order valence-electron chi connectivity index (χ3n) is 7.22. The molecular weight excluding hydrogens is 706 g/mol. The van der Waals surface area contributed by atoms with Gasteiger partial charge in [0.1, 0.15) is 5.82 Å². The summed E-state index contributed by atoms with van der Waals surface area (Å²) in [6.45, 7) is 0. The first kappa shape index (κ1) is 25.6. The number of benzene rings is 4. The number of imidazole rings is 1. The molecule has 8 rings (SSSR count). The molecule has 0 radical (unpaired) electrons. The van der Waals surface area contributed by atoms with E-state index in [-0.39, 0.29) is 21.1 Å². The molecule has 4 aromatic heterocycles. The molecule has 0 aliphatic heterocycles. The van der Waals surface area contributed by atoms with E-state index in [1.54, 1.807) is 11.3 Å². The predicted octanol–water partition coefficient (Wildman–Crippen LogP) is 8.12. The molecule has 198 valence electrons. The molecule has 8 aromatic rings. The summed E-state index contributed by atoms with van der Waals surface area (Å²) in [4.78, 5) is 14.2. The average molecular weight is 727 g/mol. The molecule has 0 bridgehead atoms. The molecule has 0 aliphatic carbocycles. The van der Waals surface area contributed by atoms with E-state index in [0.29, 0.717) is 0 Å². The van der Waals surface area contributed by atoms with Gasteiger partial charge < -0.3 is 14.1 Å². The quantitative estimate of drug-likeness (QED) is 0.172. The summed E-state index contributed by atoms with van der Waals surface area (Å²) in [7, 11) is 2.01. The number of hydrogen-bond donors (Lipinski definition) is 0. The van der Waals surface area contributed by atoms with Crippen LogP contribution >= 0.6 is 11.3 Å². The molecule has 41 heavy (non-hydrogen) atoms. The van der Waals surface area contributed by atoms with E-state index in [0.717, 1.165) is 60.8 Å². The van der Waals surface area contributed by atoms with Crippen molar-refractivity contribution in [2.45, 2.75) is 0 Å². The molecule has 0 fully saturated rings. The third kappa shape index (κ3) is 4.31. The standard InChI is InChI=1S/C34H21N5S.Pt/c1-38-17-16-36-33(38)24-18-23(28-9-6-7-15-35-28)19-25(20-24)39-30-11-4-2-8-26(30)27-14-13-22(21-31(27)39)34-37-29-10-3-5-12-32(29)40-34;/h2-18,20H,1H3;/q-2;+2. The van der Waals surface area contributed by atoms with Crippen molar-refractivity contribution in [3.05, 3.63) is 122 Å². The van der Waals surface area contributed by atoms with Crippen LogP contribution in [0.3, 0.4) is 0 Å². The second-order valence-corrected chi connectivity index (χ2v) is 10.7. The average Bonchev–Trinajstić information content (AvgIpc) is 3.72. The van der Waals surface area contributed by atoms with Crippen molar-refractivity contribution < 1.29 is 21.1 Å².